The van der Waals surface area contributed by atoms with E-state index in [9.17, 15) is 4.91 Å². The Hall–Kier alpha value is -2.77. The molecule has 0 amide bonds. The van der Waals surface area contributed by atoms with Crippen molar-refractivity contribution in [2.24, 2.45) is 10.6 Å². The van der Waals surface area contributed by atoms with Gasteiger partial charge in [0.15, 0.2) is 5.82 Å². The molecule has 2 N–H and O–H groups in total. The van der Waals surface area contributed by atoms with E-state index in [1.54, 1.807) is 0 Å². The molecule has 1 aliphatic carbocycles. The Bertz CT molecular complexity index is 868. The number of pyridine rings is 1. The first-order valence-electron chi connectivity index (χ1n) is 10.6. The van der Waals surface area contributed by atoms with E-state index in [1.165, 1.54) is 5.56 Å². The minimum absolute atomic E-state index is 0.120. The zero-order chi connectivity index (χ0) is 21.7. The summed E-state index contributed by atoms with van der Waals surface area (Å²) in [6, 6.07) is 4.21. The molecule has 2 aromatic heterocycles. The van der Waals surface area contributed by atoms with Crippen LogP contribution in [0.3, 0.4) is 0 Å². The summed E-state index contributed by atoms with van der Waals surface area (Å²) in [5, 5.41) is 10.2. The lowest BCUT2D eigenvalue weighted by Gasteiger charge is -2.39. The summed E-state index contributed by atoms with van der Waals surface area (Å²) >= 11 is 0. The van der Waals surface area contributed by atoms with Crippen LogP contribution in [0.25, 0.3) is 0 Å². The van der Waals surface area contributed by atoms with Gasteiger partial charge < -0.3 is 15.5 Å². The summed E-state index contributed by atoms with van der Waals surface area (Å²) in [4.78, 5) is 26.8. The molecule has 2 atom stereocenters. The van der Waals surface area contributed by atoms with Gasteiger partial charge in [0.25, 0.3) is 0 Å². The molecular formula is C22H33N7O. The normalized spacial score (nSPS) is 20.4. The number of aryl methyl sites for hydroxylation is 1. The highest BCUT2D eigenvalue weighted by atomic mass is 16.3. The average Bonchev–Trinajstić information content (AvgIpc) is 2.67. The number of nitroso groups, excluding NO2 is 1. The quantitative estimate of drug-likeness (QED) is 0.633. The first-order valence-corrected chi connectivity index (χ1v) is 10.6. The van der Waals surface area contributed by atoms with Crippen molar-refractivity contribution in [3.8, 4) is 0 Å². The maximum atomic E-state index is 11.1. The number of anilines is 3. The number of nitrogens with one attached hydrogen (secondary N) is 2. The lowest BCUT2D eigenvalue weighted by molar-refractivity contribution is 0.190. The fourth-order valence-corrected chi connectivity index (χ4v) is 4.07. The lowest BCUT2D eigenvalue weighted by Crippen LogP contribution is -2.40. The van der Waals surface area contributed by atoms with Crippen molar-refractivity contribution in [2.45, 2.75) is 58.5 Å². The van der Waals surface area contributed by atoms with E-state index in [0.717, 1.165) is 42.9 Å². The first kappa shape index (κ1) is 21.9. The SMILES string of the molecule is Cc1ccnc(CCNc2ncc(N(C)C)c(N[C@@H]3CCC(N=O)C(C)(C)C3)n2)c1. The Morgan fingerprint density at radius 3 is 2.73 bits per heavy atom. The van der Waals surface area contributed by atoms with Gasteiger partial charge in [-0.15, -0.1) is 0 Å². The molecule has 8 heteroatoms. The molecule has 2 heterocycles. The molecule has 0 saturated heterocycles. The van der Waals surface area contributed by atoms with E-state index >= 15 is 0 Å². The van der Waals surface area contributed by atoms with Crippen LogP contribution in [0, 0.1) is 17.2 Å². The van der Waals surface area contributed by atoms with Crippen LogP contribution in [-0.2, 0) is 6.42 Å². The van der Waals surface area contributed by atoms with Crippen LogP contribution in [0.4, 0.5) is 17.5 Å². The van der Waals surface area contributed by atoms with Crippen LogP contribution in [0.2, 0.25) is 0 Å². The molecule has 1 unspecified atom stereocenters. The largest absolute Gasteiger partial charge is 0.373 e. The molecule has 30 heavy (non-hydrogen) atoms. The second kappa shape index (κ2) is 9.36. The van der Waals surface area contributed by atoms with E-state index in [0.29, 0.717) is 12.5 Å². The van der Waals surface area contributed by atoms with Gasteiger partial charge in [-0.25, -0.2) is 4.98 Å². The monoisotopic (exact) mass is 411 g/mol. The molecule has 1 saturated carbocycles. The van der Waals surface area contributed by atoms with Crippen LogP contribution in [0.15, 0.2) is 29.7 Å². The second-order valence-electron chi connectivity index (χ2n) is 9.06. The van der Waals surface area contributed by atoms with E-state index < -0.39 is 0 Å². The first-order chi connectivity index (χ1) is 14.3. The Morgan fingerprint density at radius 1 is 1.27 bits per heavy atom. The van der Waals surface area contributed by atoms with Crippen LogP contribution in [-0.4, -0.2) is 47.7 Å². The zero-order valence-corrected chi connectivity index (χ0v) is 18.6. The summed E-state index contributed by atoms with van der Waals surface area (Å²) < 4.78 is 0. The van der Waals surface area contributed by atoms with Gasteiger partial charge in [0.2, 0.25) is 5.95 Å². The Morgan fingerprint density at radius 2 is 2.07 bits per heavy atom. The third kappa shape index (κ3) is 5.43. The predicted octanol–water partition coefficient (Wildman–Crippen LogP) is 4.03. The highest BCUT2D eigenvalue weighted by molar-refractivity contribution is 5.66. The molecule has 162 valence electrons. The van der Waals surface area contributed by atoms with Gasteiger partial charge >= 0.3 is 0 Å². The van der Waals surface area contributed by atoms with E-state index in [-0.39, 0.29) is 17.5 Å². The highest BCUT2D eigenvalue weighted by Crippen LogP contribution is 2.39. The molecule has 1 fully saturated rings. The molecule has 2 aromatic rings. The second-order valence-corrected chi connectivity index (χ2v) is 9.06. The Kier molecular flexibility index (Phi) is 6.84. The van der Waals surface area contributed by atoms with Crippen molar-refractivity contribution in [1.82, 2.24) is 15.0 Å². The van der Waals surface area contributed by atoms with Gasteiger partial charge in [-0.2, -0.15) is 9.89 Å². The zero-order valence-electron chi connectivity index (χ0n) is 18.6. The van der Waals surface area contributed by atoms with Crippen molar-refractivity contribution in [3.63, 3.8) is 0 Å². The molecular weight excluding hydrogens is 378 g/mol. The third-order valence-corrected chi connectivity index (χ3v) is 5.82. The van der Waals surface area contributed by atoms with Gasteiger partial charge in [-0.3, -0.25) is 4.98 Å². The van der Waals surface area contributed by atoms with Crippen molar-refractivity contribution in [1.29, 1.82) is 0 Å². The summed E-state index contributed by atoms with van der Waals surface area (Å²) in [6.07, 6.45) is 7.06. The highest BCUT2D eigenvalue weighted by Gasteiger charge is 2.38. The minimum atomic E-state index is -0.123. The number of hydrogen-bond acceptors (Lipinski definition) is 8. The summed E-state index contributed by atoms with van der Waals surface area (Å²) in [5.74, 6) is 1.41. The summed E-state index contributed by atoms with van der Waals surface area (Å²) in [5.41, 5.74) is 3.08. The van der Waals surface area contributed by atoms with Gasteiger partial charge in [-0.05, 0) is 49.3 Å². The van der Waals surface area contributed by atoms with E-state index in [4.69, 9.17) is 4.98 Å². The smallest absolute Gasteiger partial charge is 0.224 e. The lowest BCUT2D eigenvalue weighted by atomic mass is 9.71. The van der Waals surface area contributed by atoms with Crippen molar-refractivity contribution >= 4 is 17.5 Å². The molecule has 0 aliphatic heterocycles. The fraction of sp³-hybridized carbons (Fsp3) is 0.591. The fourth-order valence-electron chi connectivity index (χ4n) is 4.07. The van der Waals surface area contributed by atoms with Crippen LogP contribution >= 0.6 is 0 Å². The van der Waals surface area contributed by atoms with Gasteiger partial charge in [0.1, 0.15) is 0 Å². The number of nitrogens with zero attached hydrogens (tertiary/aromatic N) is 5. The summed E-state index contributed by atoms with van der Waals surface area (Å²) in [6.45, 7) is 7.01. The predicted molar refractivity (Wildman–Crippen MR) is 122 cm³/mol. The topological polar surface area (TPSA) is 95.4 Å². The molecule has 0 spiro atoms. The summed E-state index contributed by atoms with van der Waals surface area (Å²) in [7, 11) is 3.97. The third-order valence-electron chi connectivity index (χ3n) is 5.82. The molecule has 1 aliphatic rings. The minimum Gasteiger partial charge on any atom is -0.373 e. The molecule has 0 radical (unpaired) electrons. The number of aromatic nitrogens is 3. The van der Waals surface area contributed by atoms with Crippen LogP contribution in [0.5, 0.6) is 0 Å². The maximum Gasteiger partial charge on any atom is 0.224 e. The van der Waals surface area contributed by atoms with Gasteiger partial charge in [0.05, 0.1) is 17.9 Å². The van der Waals surface area contributed by atoms with Crippen LogP contribution < -0.4 is 15.5 Å². The average molecular weight is 412 g/mol. The van der Waals surface area contributed by atoms with Crippen molar-refractivity contribution in [2.75, 3.05) is 36.2 Å². The van der Waals surface area contributed by atoms with Crippen LogP contribution in [0.1, 0.15) is 44.4 Å². The standard InChI is InChI=1S/C22H33N7O/c1-15-8-10-23-16(12-15)9-11-24-21-25-14-18(29(4)5)20(27-21)26-17-6-7-19(28-30)22(2,3)13-17/h8,10,12,14,17,19H,6-7,9,11,13H2,1-5H3,(H2,24,25,26,27)/t17-,19?/m1/s1. The molecule has 0 aromatic carbocycles. The van der Waals surface area contributed by atoms with Gasteiger partial charge in [-0.1, -0.05) is 19.0 Å². The van der Waals surface area contributed by atoms with E-state index in [2.05, 4.69) is 52.6 Å². The van der Waals surface area contributed by atoms with E-state index in [1.807, 2.05) is 37.5 Å². The maximum absolute atomic E-state index is 11.1. The number of rotatable bonds is 8. The molecule has 0 bridgehead atoms. The van der Waals surface area contributed by atoms with Crippen molar-refractivity contribution < 1.29 is 0 Å². The number of hydrogen-bond donors (Lipinski definition) is 2. The Balaban J connectivity index is 1.68. The molecule has 8 nitrogen and oxygen atoms in total. The molecule has 3 rings (SSSR count). The van der Waals surface area contributed by atoms with Gasteiger partial charge in [0, 0.05) is 45.0 Å². The van der Waals surface area contributed by atoms with Crippen molar-refractivity contribution in [3.05, 3.63) is 40.7 Å². The Labute approximate surface area is 178 Å².